The van der Waals surface area contributed by atoms with Crippen LogP contribution in [0.5, 0.6) is 0 Å². The van der Waals surface area contributed by atoms with Crippen LogP contribution in [-0.4, -0.2) is 28.5 Å². The maximum atomic E-state index is 10.9. The Balaban J connectivity index is 2.39. The van der Waals surface area contributed by atoms with Crippen molar-refractivity contribution < 1.29 is 15.0 Å². The molecule has 0 aliphatic heterocycles. The van der Waals surface area contributed by atoms with Gasteiger partial charge in [-0.3, -0.25) is 0 Å². The van der Waals surface area contributed by atoms with E-state index in [1.807, 2.05) is 6.07 Å². The predicted molar refractivity (Wildman–Crippen MR) is 83.3 cm³/mol. The number of carboxylic acid groups (broad SMARTS) is 1. The number of benzene rings is 1. The predicted octanol–water partition coefficient (Wildman–Crippen LogP) is 3.82. The van der Waals surface area contributed by atoms with E-state index in [9.17, 15) is 9.90 Å². The van der Waals surface area contributed by atoms with Gasteiger partial charge in [0.05, 0.1) is 15.6 Å². The fraction of sp³-hybridized carbons (Fsp3) is 0.533. The number of carbonyl (C=O) groups is 1. The van der Waals surface area contributed by atoms with E-state index >= 15 is 0 Å². The zero-order chi connectivity index (χ0) is 15.7. The van der Waals surface area contributed by atoms with Crippen LogP contribution in [0.25, 0.3) is 0 Å². The number of halogens is 2. The van der Waals surface area contributed by atoms with Gasteiger partial charge in [0.2, 0.25) is 0 Å². The maximum Gasteiger partial charge on any atom is 0.404 e. The van der Waals surface area contributed by atoms with E-state index in [1.54, 1.807) is 19.1 Å². The molecule has 0 saturated heterocycles. The largest absolute Gasteiger partial charge is 0.465 e. The Morgan fingerprint density at radius 2 is 2.05 bits per heavy atom. The minimum atomic E-state index is -1.07. The minimum Gasteiger partial charge on any atom is -0.465 e. The SMILES string of the molecule is CC1(O)CCCC(CNC(=O)O)(c2ccc(Cl)c(Cl)c2)C1. The van der Waals surface area contributed by atoms with Crippen LogP contribution in [0.1, 0.15) is 38.2 Å². The molecule has 1 fully saturated rings. The maximum absolute atomic E-state index is 10.9. The first-order valence-electron chi connectivity index (χ1n) is 6.89. The average molecular weight is 332 g/mol. The molecular weight excluding hydrogens is 313 g/mol. The monoisotopic (exact) mass is 331 g/mol. The van der Waals surface area contributed by atoms with E-state index in [1.165, 1.54) is 0 Å². The molecule has 1 aliphatic rings. The first-order valence-corrected chi connectivity index (χ1v) is 7.64. The summed E-state index contributed by atoms with van der Waals surface area (Å²) >= 11 is 12.1. The minimum absolute atomic E-state index is 0.246. The molecule has 1 amide bonds. The molecular formula is C15H19Cl2NO3. The van der Waals surface area contributed by atoms with Crippen LogP contribution >= 0.6 is 23.2 Å². The summed E-state index contributed by atoms with van der Waals surface area (Å²) in [6.07, 6.45) is 1.75. The zero-order valence-corrected chi connectivity index (χ0v) is 13.3. The van der Waals surface area contributed by atoms with Crippen LogP contribution in [-0.2, 0) is 5.41 Å². The third-order valence-electron chi connectivity index (χ3n) is 4.20. The summed E-state index contributed by atoms with van der Waals surface area (Å²) in [5.74, 6) is 0. The van der Waals surface area contributed by atoms with Crippen LogP contribution in [0.3, 0.4) is 0 Å². The number of hydrogen-bond acceptors (Lipinski definition) is 2. The molecule has 6 heteroatoms. The summed E-state index contributed by atoms with van der Waals surface area (Å²) < 4.78 is 0. The number of rotatable bonds is 3. The summed E-state index contributed by atoms with van der Waals surface area (Å²) in [5, 5.41) is 22.7. The molecule has 2 rings (SSSR count). The molecule has 1 saturated carbocycles. The molecule has 0 spiro atoms. The lowest BCUT2D eigenvalue weighted by Gasteiger charge is -2.44. The third kappa shape index (κ3) is 3.82. The molecule has 2 unspecified atom stereocenters. The Hall–Kier alpha value is -0.970. The van der Waals surface area contributed by atoms with Gasteiger partial charge in [-0.1, -0.05) is 29.3 Å². The van der Waals surface area contributed by atoms with E-state index in [2.05, 4.69) is 5.32 Å². The smallest absolute Gasteiger partial charge is 0.404 e. The first kappa shape index (κ1) is 16.4. The lowest BCUT2D eigenvalue weighted by atomic mass is 9.64. The van der Waals surface area contributed by atoms with Gasteiger partial charge in [-0.05, 0) is 50.3 Å². The molecule has 21 heavy (non-hydrogen) atoms. The van der Waals surface area contributed by atoms with Gasteiger partial charge in [-0.15, -0.1) is 0 Å². The summed E-state index contributed by atoms with van der Waals surface area (Å²) in [4.78, 5) is 10.9. The van der Waals surface area contributed by atoms with Crippen LogP contribution < -0.4 is 5.32 Å². The van der Waals surface area contributed by atoms with Gasteiger partial charge >= 0.3 is 6.09 Å². The Kier molecular flexibility index (Phi) is 4.71. The highest BCUT2D eigenvalue weighted by Crippen LogP contribution is 2.44. The van der Waals surface area contributed by atoms with Crippen molar-refractivity contribution in [2.75, 3.05) is 6.54 Å². The van der Waals surface area contributed by atoms with Crippen molar-refractivity contribution in [3.8, 4) is 0 Å². The quantitative estimate of drug-likeness (QED) is 0.788. The van der Waals surface area contributed by atoms with E-state index in [0.29, 0.717) is 22.9 Å². The second kappa shape index (κ2) is 6.03. The standard InChI is InChI=1S/C15H19Cl2NO3/c1-14(21)5-2-6-15(8-14,9-18-13(19)20)10-3-4-11(16)12(17)7-10/h3-4,7,18,21H,2,5-6,8-9H2,1H3,(H,19,20). The fourth-order valence-electron chi connectivity index (χ4n) is 3.28. The molecule has 0 bridgehead atoms. The summed E-state index contributed by atoms with van der Waals surface area (Å²) in [6, 6.07) is 5.35. The highest BCUT2D eigenvalue weighted by molar-refractivity contribution is 6.42. The van der Waals surface area contributed by atoms with E-state index < -0.39 is 17.1 Å². The summed E-state index contributed by atoms with van der Waals surface area (Å²) in [5.41, 5.74) is -0.371. The van der Waals surface area contributed by atoms with Crippen molar-refractivity contribution in [1.29, 1.82) is 0 Å². The van der Waals surface area contributed by atoms with Crippen molar-refractivity contribution in [2.45, 2.75) is 43.6 Å². The Bertz CT molecular complexity index is 548. The summed E-state index contributed by atoms with van der Waals surface area (Å²) in [7, 11) is 0. The summed E-state index contributed by atoms with van der Waals surface area (Å²) in [6.45, 7) is 2.04. The number of aliphatic hydroxyl groups is 1. The topological polar surface area (TPSA) is 69.6 Å². The third-order valence-corrected chi connectivity index (χ3v) is 4.94. The molecule has 1 aliphatic carbocycles. The molecule has 116 valence electrons. The van der Waals surface area contributed by atoms with Crippen LogP contribution in [0.2, 0.25) is 10.0 Å². The van der Waals surface area contributed by atoms with Crippen molar-refractivity contribution in [2.24, 2.45) is 0 Å². The molecule has 1 aromatic carbocycles. The van der Waals surface area contributed by atoms with E-state index in [4.69, 9.17) is 28.3 Å². The van der Waals surface area contributed by atoms with Gasteiger partial charge in [-0.25, -0.2) is 4.79 Å². The van der Waals surface area contributed by atoms with Gasteiger partial charge in [-0.2, -0.15) is 0 Å². The Labute approximate surface area is 134 Å². The van der Waals surface area contributed by atoms with Crippen molar-refractivity contribution >= 4 is 29.3 Å². The number of hydrogen-bond donors (Lipinski definition) is 3. The Morgan fingerprint density at radius 1 is 1.33 bits per heavy atom. The lowest BCUT2D eigenvalue weighted by molar-refractivity contribution is -0.00990. The first-order chi connectivity index (χ1) is 9.74. The second-order valence-corrected chi connectivity index (χ2v) is 6.91. The normalized spacial score (nSPS) is 29.1. The molecule has 1 aromatic rings. The molecule has 3 N–H and O–H groups in total. The zero-order valence-electron chi connectivity index (χ0n) is 11.8. The van der Waals surface area contributed by atoms with Gasteiger partial charge < -0.3 is 15.5 Å². The molecule has 4 nitrogen and oxygen atoms in total. The molecule has 0 aromatic heterocycles. The molecule has 2 atom stereocenters. The van der Waals surface area contributed by atoms with E-state index in [0.717, 1.165) is 18.4 Å². The number of nitrogens with one attached hydrogen (secondary N) is 1. The Morgan fingerprint density at radius 3 is 2.62 bits per heavy atom. The van der Waals surface area contributed by atoms with Crippen LogP contribution in [0, 0.1) is 0 Å². The lowest BCUT2D eigenvalue weighted by Crippen LogP contribution is -2.48. The number of amides is 1. The molecule has 0 radical (unpaired) electrons. The fourth-order valence-corrected chi connectivity index (χ4v) is 3.58. The van der Waals surface area contributed by atoms with Crippen LogP contribution in [0.15, 0.2) is 18.2 Å². The van der Waals surface area contributed by atoms with Gasteiger partial charge in [0, 0.05) is 12.0 Å². The van der Waals surface area contributed by atoms with E-state index in [-0.39, 0.29) is 6.54 Å². The van der Waals surface area contributed by atoms with Crippen molar-refractivity contribution in [1.82, 2.24) is 5.32 Å². The van der Waals surface area contributed by atoms with Gasteiger partial charge in [0.1, 0.15) is 0 Å². The van der Waals surface area contributed by atoms with Crippen LogP contribution in [0.4, 0.5) is 4.79 Å². The highest BCUT2D eigenvalue weighted by atomic mass is 35.5. The average Bonchev–Trinajstić information content (AvgIpc) is 2.38. The van der Waals surface area contributed by atoms with Crippen molar-refractivity contribution in [3.63, 3.8) is 0 Å². The van der Waals surface area contributed by atoms with Gasteiger partial charge in [0.15, 0.2) is 0 Å². The highest BCUT2D eigenvalue weighted by Gasteiger charge is 2.43. The van der Waals surface area contributed by atoms with Gasteiger partial charge in [0.25, 0.3) is 0 Å². The molecule has 0 heterocycles. The second-order valence-electron chi connectivity index (χ2n) is 6.10. The van der Waals surface area contributed by atoms with Crippen molar-refractivity contribution in [3.05, 3.63) is 33.8 Å².